The number of hydrogen-bond donors (Lipinski definition) is 9. The summed E-state index contributed by atoms with van der Waals surface area (Å²) in [5.74, 6) is -0.243. The number of rotatable bonds is 44. The van der Waals surface area contributed by atoms with Crippen molar-refractivity contribution in [1.29, 1.82) is 0 Å². The maximum absolute atomic E-state index is 13.2. The molecule has 0 aromatic carbocycles. The first-order chi connectivity index (χ1) is 35.1. The molecular formula is C58H103NO13. The quantitative estimate of drug-likeness (QED) is 0.0205. The molecule has 0 saturated carbocycles. The maximum Gasteiger partial charge on any atom is 0.220 e. The molecule has 0 spiro atoms. The normalized spacial score (nSPS) is 26.0. The minimum atomic E-state index is -1.79. The average Bonchev–Trinajstić information content (AvgIpc) is 3.38. The zero-order valence-corrected chi connectivity index (χ0v) is 44.7. The van der Waals surface area contributed by atoms with Crippen molar-refractivity contribution in [3.05, 3.63) is 60.8 Å². The highest BCUT2D eigenvalue weighted by molar-refractivity contribution is 5.76. The number of ether oxygens (including phenoxy) is 4. The molecule has 14 nitrogen and oxygen atoms in total. The van der Waals surface area contributed by atoms with Gasteiger partial charge in [0, 0.05) is 6.42 Å². The van der Waals surface area contributed by atoms with E-state index in [1.54, 1.807) is 6.08 Å². The molecule has 12 atom stereocenters. The fourth-order valence-corrected chi connectivity index (χ4v) is 9.11. The van der Waals surface area contributed by atoms with Gasteiger partial charge in [0.05, 0.1) is 32.0 Å². The molecule has 0 aliphatic carbocycles. The van der Waals surface area contributed by atoms with Crippen LogP contribution >= 0.6 is 0 Å². The molecule has 2 heterocycles. The van der Waals surface area contributed by atoms with Gasteiger partial charge < -0.3 is 65.1 Å². The Morgan fingerprint density at radius 2 is 0.958 bits per heavy atom. The van der Waals surface area contributed by atoms with Crippen molar-refractivity contribution in [2.75, 3.05) is 19.8 Å². The summed E-state index contributed by atoms with van der Waals surface area (Å²) in [4.78, 5) is 13.2. The smallest absolute Gasteiger partial charge is 0.220 e. The molecule has 2 aliphatic rings. The highest BCUT2D eigenvalue weighted by Crippen LogP contribution is 2.30. The van der Waals surface area contributed by atoms with Crippen LogP contribution in [0.5, 0.6) is 0 Å². The fourth-order valence-electron chi connectivity index (χ4n) is 9.11. The Hall–Kier alpha value is -2.31. The van der Waals surface area contributed by atoms with Gasteiger partial charge in [-0.15, -0.1) is 0 Å². The van der Waals surface area contributed by atoms with Gasteiger partial charge in [0.25, 0.3) is 0 Å². The first-order valence-corrected chi connectivity index (χ1v) is 28.5. The van der Waals surface area contributed by atoms with Crippen LogP contribution in [0.4, 0.5) is 0 Å². The van der Waals surface area contributed by atoms with Crippen LogP contribution in [-0.2, 0) is 23.7 Å². The first-order valence-electron chi connectivity index (χ1n) is 28.5. The van der Waals surface area contributed by atoms with E-state index < -0.39 is 86.8 Å². The molecule has 2 rings (SSSR count). The van der Waals surface area contributed by atoms with Crippen molar-refractivity contribution in [2.45, 2.75) is 280 Å². The third kappa shape index (κ3) is 29.7. The van der Waals surface area contributed by atoms with Crippen molar-refractivity contribution in [2.24, 2.45) is 0 Å². The summed E-state index contributed by atoms with van der Waals surface area (Å²) in [7, 11) is 0. The number of carbonyl (C=O) groups is 1. The van der Waals surface area contributed by atoms with Crippen LogP contribution in [-0.4, -0.2) is 140 Å². The number of nitrogens with one attached hydrogen (secondary N) is 1. The molecule has 2 fully saturated rings. The van der Waals surface area contributed by atoms with Gasteiger partial charge in [-0.3, -0.25) is 4.79 Å². The monoisotopic (exact) mass is 1020 g/mol. The number of carbonyl (C=O) groups excluding carboxylic acids is 1. The lowest BCUT2D eigenvalue weighted by molar-refractivity contribution is -0.359. The third-order valence-electron chi connectivity index (χ3n) is 13.7. The minimum absolute atomic E-state index is 0.243. The van der Waals surface area contributed by atoms with Crippen molar-refractivity contribution in [3.8, 4) is 0 Å². The van der Waals surface area contributed by atoms with E-state index in [2.05, 4.69) is 67.8 Å². The van der Waals surface area contributed by atoms with E-state index in [4.69, 9.17) is 18.9 Å². The van der Waals surface area contributed by atoms with E-state index in [9.17, 15) is 45.6 Å². The fraction of sp³-hybridized carbons (Fsp3) is 0.810. The molecule has 1 amide bonds. The van der Waals surface area contributed by atoms with Crippen LogP contribution < -0.4 is 5.32 Å². The van der Waals surface area contributed by atoms with Crippen LogP contribution in [0.3, 0.4) is 0 Å². The summed E-state index contributed by atoms with van der Waals surface area (Å²) >= 11 is 0. The number of unbranched alkanes of at least 4 members (excludes halogenated alkanes) is 23. The number of amides is 1. The van der Waals surface area contributed by atoms with Crippen molar-refractivity contribution in [1.82, 2.24) is 5.32 Å². The van der Waals surface area contributed by atoms with Crippen LogP contribution in [0.15, 0.2) is 60.8 Å². The summed E-state index contributed by atoms with van der Waals surface area (Å²) < 4.78 is 22.7. The Balaban J connectivity index is 1.65. The van der Waals surface area contributed by atoms with Crippen LogP contribution in [0.1, 0.15) is 206 Å². The van der Waals surface area contributed by atoms with E-state index in [0.717, 1.165) is 70.6 Å². The number of aliphatic hydroxyl groups is 8. The highest BCUT2D eigenvalue weighted by Gasteiger charge is 2.51. The van der Waals surface area contributed by atoms with Crippen LogP contribution in [0.25, 0.3) is 0 Å². The average molecular weight is 1020 g/mol. The molecule has 0 radical (unpaired) electrons. The lowest BCUT2D eigenvalue weighted by Crippen LogP contribution is -2.65. The molecule has 0 aromatic rings. The van der Waals surface area contributed by atoms with E-state index in [-0.39, 0.29) is 18.9 Å². The summed E-state index contributed by atoms with van der Waals surface area (Å²) in [5.41, 5.74) is 0. The van der Waals surface area contributed by atoms with Crippen molar-refractivity contribution >= 4 is 5.91 Å². The van der Waals surface area contributed by atoms with Crippen LogP contribution in [0, 0.1) is 0 Å². The van der Waals surface area contributed by atoms with Gasteiger partial charge in [0.1, 0.15) is 48.8 Å². The molecule has 12 unspecified atom stereocenters. The summed E-state index contributed by atoms with van der Waals surface area (Å²) in [5, 5.41) is 86.7. The minimum Gasteiger partial charge on any atom is -0.394 e. The van der Waals surface area contributed by atoms with E-state index in [1.165, 1.54) is 109 Å². The van der Waals surface area contributed by atoms with E-state index in [0.29, 0.717) is 6.42 Å². The lowest BCUT2D eigenvalue weighted by atomic mass is 9.97. The van der Waals surface area contributed by atoms with E-state index in [1.807, 2.05) is 6.08 Å². The molecular weight excluding hydrogens is 919 g/mol. The second-order valence-electron chi connectivity index (χ2n) is 20.0. The molecule has 72 heavy (non-hydrogen) atoms. The number of allylic oxidation sites excluding steroid dienone is 9. The van der Waals surface area contributed by atoms with Crippen molar-refractivity contribution in [3.63, 3.8) is 0 Å². The first kappa shape index (κ1) is 65.8. The predicted molar refractivity (Wildman–Crippen MR) is 286 cm³/mol. The Morgan fingerprint density at radius 1 is 0.514 bits per heavy atom. The zero-order valence-electron chi connectivity index (χ0n) is 44.7. The maximum atomic E-state index is 13.2. The number of aliphatic hydroxyl groups excluding tert-OH is 8. The molecule has 0 bridgehead atoms. The second kappa shape index (κ2) is 43.9. The molecule has 14 heteroatoms. The van der Waals surface area contributed by atoms with Gasteiger partial charge in [0.15, 0.2) is 12.6 Å². The Kier molecular flexibility index (Phi) is 40.1. The topological polar surface area (TPSA) is 228 Å². The van der Waals surface area contributed by atoms with E-state index >= 15 is 0 Å². The van der Waals surface area contributed by atoms with Gasteiger partial charge in [-0.05, 0) is 57.8 Å². The molecule has 418 valence electrons. The zero-order chi connectivity index (χ0) is 52.4. The van der Waals surface area contributed by atoms with Gasteiger partial charge in [0.2, 0.25) is 5.91 Å². The largest absolute Gasteiger partial charge is 0.394 e. The standard InChI is InChI=1S/C58H103NO13/c1-3-5-7-9-11-13-14-15-16-17-18-19-20-21-22-23-24-25-26-27-28-29-30-31-32-34-36-38-40-42-50(63)59-46(47(62)41-39-37-35-33-12-10-8-6-4-2)45-69-57-55(68)53(66)56(49(44-61)71-57)72-58-54(67)52(65)51(64)48(43-60)70-58/h5,7,11,13,15-16,18-19,39,41,46-49,51-58,60-62,64-68H,3-4,6,8-10,12,14,17,20-38,40,42-45H2,1-2H3,(H,59,63)/b7-5-,13-11-,16-15-,19-18-,41-39+. The number of hydrogen-bond acceptors (Lipinski definition) is 13. The Morgan fingerprint density at radius 3 is 1.47 bits per heavy atom. The van der Waals surface area contributed by atoms with Gasteiger partial charge in [-0.25, -0.2) is 0 Å². The highest BCUT2D eigenvalue weighted by atomic mass is 16.7. The summed E-state index contributed by atoms with van der Waals surface area (Å²) in [6.45, 7) is 2.64. The van der Waals surface area contributed by atoms with Crippen molar-refractivity contribution < 1.29 is 64.6 Å². The van der Waals surface area contributed by atoms with Gasteiger partial charge in [-0.1, -0.05) is 203 Å². The lowest BCUT2D eigenvalue weighted by Gasteiger charge is -2.46. The molecule has 2 aliphatic heterocycles. The molecule has 2 saturated heterocycles. The van der Waals surface area contributed by atoms with Gasteiger partial charge in [-0.2, -0.15) is 0 Å². The van der Waals surface area contributed by atoms with Crippen LogP contribution in [0.2, 0.25) is 0 Å². The Labute approximate surface area is 435 Å². The second-order valence-corrected chi connectivity index (χ2v) is 20.0. The molecule has 9 N–H and O–H groups in total. The molecule has 0 aromatic heterocycles. The third-order valence-corrected chi connectivity index (χ3v) is 13.7. The summed E-state index contributed by atoms with van der Waals surface area (Å²) in [6, 6.07) is -0.913. The Bertz CT molecular complexity index is 1440. The SMILES string of the molecule is CC/C=C\C/C=C\C/C=C\C/C=C\CCCCCCCCCCCCCCCCCCC(=O)NC(COC1OC(CO)C(OC2OC(CO)C(O)C(O)C2O)C(O)C1O)C(O)/C=C/CCCCCCCCC. The summed E-state index contributed by atoms with van der Waals surface area (Å²) in [6.07, 6.45) is 38.6. The van der Waals surface area contributed by atoms with Gasteiger partial charge >= 0.3 is 0 Å². The predicted octanol–water partition coefficient (Wildman–Crippen LogP) is 9.00.